The van der Waals surface area contributed by atoms with Crippen LogP contribution in [0.15, 0.2) is 79.4 Å². The van der Waals surface area contributed by atoms with Crippen molar-refractivity contribution in [3.63, 3.8) is 0 Å². The molecule has 3 heteroatoms. The van der Waals surface area contributed by atoms with Gasteiger partial charge < -0.3 is 10.6 Å². The number of nitrogens with two attached hydrogens (primary N) is 1. The Hall–Kier alpha value is -3.35. The monoisotopic (exact) mass is 451 g/mol. The van der Waals surface area contributed by atoms with Crippen LogP contribution in [0.25, 0.3) is 16.8 Å². The number of hydrogen-bond acceptors (Lipinski definition) is 3. The fraction of sp³-hybridized carbons (Fsp3) is 0.323. The number of rotatable bonds is 11. The van der Waals surface area contributed by atoms with Crippen LogP contribution in [0.5, 0.6) is 0 Å². The van der Waals surface area contributed by atoms with Gasteiger partial charge in [-0.3, -0.25) is 0 Å². The third kappa shape index (κ3) is 6.37. The molecule has 1 atom stereocenters. The lowest BCUT2D eigenvalue weighted by Crippen LogP contribution is -2.43. The molecule has 0 bridgehead atoms. The minimum atomic E-state index is -0.360. The third-order valence-electron chi connectivity index (χ3n) is 6.65. The van der Waals surface area contributed by atoms with Crippen molar-refractivity contribution in [2.24, 2.45) is 5.73 Å². The summed E-state index contributed by atoms with van der Waals surface area (Å²) in [5.74, 6) is 0. The van der Waals surface area contributed by atoms with Crippen LogP contribution in [0.2, 0.25) is 0 Å². The lowest BCUT2D eigenvalue weighted by molar-refractivity contribution is 0.404. The molecule has 3 nitrogen and oxygen atoms in total. The molecule has 0 aliphatic carbocycles. The highest BCUT2D eigenvalue weighted by Crippen LogP contribution is 2.31. The van der Waals surface area contributed by atoms with E-state index in [9.17, 15) is 5.26 Å². The molecule has 0 heterocycles. The van der Waals surface area contributed by atoms with Crippen molar-refractivity contribution in [2.75, 3.05) is 13.6 Å². The molecule has 0 aromatic heterocycles. The molecule has 0 saturated heterocycles. The lowest BCUT2D eigenvalue weighted by Gasteiger charge is -2.30. The summed E-state index contributed by atoms with van der Waals surface area (Å²) in [5.41, 5.74) is 13.8. The summed E-state index contributed by atoms with van der Waals surface area (Å²) in [6.45, 7) is 9.74. The Kier molecular flexibility index (Phi) is 8.68. The van der Waals surface area contributed by atoms with Crippen LogP contribution in [0.1, 0.15) is 55.4 Å². The SMILES string of the molecule is C=C(c1cc(CC(N)(CC)Cc2ccccc2)cc(-c2ccccc2C#N)c1)N(C)CCCC. The van der Waals surface area contributed by atoms with Crippen molar-refractivity contribution in [1.29, 1.82) is 5.26 Å². The second-order valence-electron chi connectivity index (χ2n) is 9.35. The van der Waals surface area contributed by atoms with Crippen LogP contribution < -0.4 is 5.73 Å². The molecule has 0 spiro atoms. The van der Waals surface area contributed by atoms with Gasteiger partial charge in [-0.05, 0) is 71.7 Å². The summed E-state index contributed by atoms with van der Waals surface area (Å²) < 4.78 is 0. The van der Waals surface area contributed by atoms with E-state index >= 15 is 0 Å². The Labute approximate surface area is 205 Å². The first-order valence-electron chi connectivity index (χ1n) is 12.3. The smallest absolute Gasteiger partial charge is 0.0998 e. The minimum Gasteiger partial charge on any atom is -0.375 e. The second-order valence-corrected chi connectivity index (χ2v) is 9.35. The molecule has 3 rings (SSSR count). The van der Waals surface area contributed by atoms with Crippen molar-refractivity contribution < 1.29 is 0 Å². The number of hydrogen-bond donors (Lipinski definition) is 1. The Balaban J connectivity index is 2.03. The summed E-state index contributed by atoms with van der Waals surface area (Å²) in [7, 11) is 2.10. The summed E-state index contributed by atoms with van der Waals surface area (Å²) in [6.07, 6.45) is 4.70. The first kappa shape index (κ1) is 25.3. The highest BCUT2D eigenvalue weighted by molar-refractivity contribution is 5.75. The average Bonchev–Trinajstić information content (AvgIpc) is 2.87. The highest BCUT2D eigenvalue weighted by Gasteiger charge is 2.25. The molecule has 0 radical (unpaired) electrons. The van der Waals surface area contributed by atoms with Gasteiger partial charge in [0.15, 0.2) is 0 Å². The van der Waals surface area contributed by atoms with Crippen LogP contribution in [-0.2, 0) is 12.8 Å². The van der Waals surface area contributed by atoms with Gasteiger partial charge in [-0.1, -0.05) is 81.4 Å². The number of nitriles is 1. The van der Waals surface area contributed by atoms with Crippen molar-refractivity contribution in [3.05, 3.63) is 102 Å². The molecule has 2 N–H and O–H groups in total. The van der Waals surface area contributed by atoms with Gasteiger partial charge in [-0.2, -0.15) is 5.26 Å². The second kappa shape index (κ2) is 11.7. The molecule has 3 aromatic rings. The van der Waals surface area contributed by atoms with Gasteiger partial charge >= 0.3 is 0 Å². The van der Waals surface area contributed by atoms with Gasteiger partial charge in [0.1, 0.15) is 0 Å². The van der Waals surface area contributed by atoms with Crippen molar-refractivity contribution in [3.8, 4) is 17.2 Å². The van der Waals surface area contributed by atoms with Crippen LogP contribution in [-0.4, -0.2) is 24.0 Å². The molecule has 1 unspecified atom stereocenters. The first-order valence-corrected chi connectivity index (χ1v) is 12.3. The molecule has 34 heavy (non-hydrogen) atoms. The van der Waals surface area contributed by atoms with Gasteiger partial charge in [0.05, 0.1) is 11.6 Å². The zero-order valence-corrected chi connectivity index (χ0v) is 20.8. The normalized spacial score (nSPS) is 12.6. The molecule has 3 aromatic carbocycles. The van der Waals surface area contributed by atoms with Crippen LogP contribution in [0.4, 0.5) is 0 Å². The van der Waals surface area contributed by atoms with Gasteiger partial charge in [0.2, 0.25) is 0 Å². The van der Waals surface area contributed by atoms with E-state index in [0.717, 1.165) is 61.0 Å². The summed E-state index contributed by atoms with van der Waals surface area (Å²) in [4.78, 5) is 2.22. The van der Waals surface area contributed by atoms with E-state index < -0.39 is 0 Å². The van der Waals surface area contributed by atoms with E-state index in [2.05, 4.69) is 80.9 Å². The molecule has 0 saturated carbocycles. The maximum absolute atomic E-state index is 9.71. The molecular weight excluding hydrogens is 414 g/mol. The van der Waals surface area contributed by atoms with Gasteiger partial charge in [0.25, 0.3) is 0 Å². The average molecular weight is 452 g/mol. The number of unbranched alkanes of at least 4 members (excludes halogenated alkanes) is 1. The number of benzene rings is 3. The Morgan fingerprint density at radius 1 is 0.971 bits per heavy atom. The van der Waals surface area contributed by atoms with E-state index in [1.165, 1.54) is 11.1 Å². The fourth-order valence-electron chi connectivity index (χ4n) is 4.42. The lowest BCUT2D eigenvalue weighted by atomic mass is 9.82. The highest BCUT2D eigenvalue weighted by atomic mass is 15.1. The Bertz CT molecular complexity index is 1140. The standard InChI is InChI=1S/C31H37N3/c1-5-7-17-34(4)24(3)28-18-26(19-29(20-28)30-16-12-11-15-27(30)23-32)22-31(33,6-2)21-25-13-9-8-10-14-25/h8-16,18-20H,3,5-7,17,21-22,33H2,1-2,4H3. The predicted octanol–water partition coefficient (Wildman–Crippen LogP) is 6.82. The Morgan fingerprint density at radius 2 is 1.65 bits per heavy atom. The molecule has 0 aliphatic heterocycles. The molecule has 0 aliphatic rings. The van der Waals surface area contributed by atoms with E-state index in [0.29, 0.717) is 5.56 Å². The van der Waals surface area contributed by atoms with E-state index in [-0.39, 0.29) is 5.54 Å². The van der Waals surface area contributed by atoms with Gasteiger partial charge in [-0.25, -0.2) is 0 Å². The van der Waals surface area contributed by atoms with Crippen LogP contribution in [0, 0.1) is 11.3 Å². The maximum atomic E-state index is 9.71. The van der Waals surface area contributed by atoms with Crippen molar-refractivity contribution in [1.82, 2.24) is 4.90 Å². The molecule has 176 valence electrons. The minimum absolute atomic E-state index is 0.360. The predicted molar refractivity (Wildman–Crippen MR) is 144 cm³/mol. The summed E-state index contributed by atoms with van der Waals surface area (Å²) in [6, 6.07) is 27.2. The molecule has 0 amide bonds. The summed E-state index contributed by atoms with van der Waals surface area (Å²) in [5, 5.41) is 9.71. The zero-order chi connectivity index (χ0) is 24.6. The van der Waals surface area contributed by atoms with E-state index in [1.807, 2.05) is 30.3 Å². The van der Waals surface area contributed by atoms with Crippen molar-refractivity contribution in [2.45, 2.75) is 51.5 Å². The quantitative estimate of drug-likeness (QED) is 0.348. The van der Waals surface area contributed by atoms with E-state index in [4.69, 9.17) is 5.73 Å². The first-order chi connectivity index (χ1) is 16.4. The maximum Gasteiger partial charge on any atom is 0.0998 e. The van der Waals surface area contributed by atoms with Crippen LogP contribution in [0.3, 0.4) is 0 Å². The number of nitrogens with zero attached hydrogens (tertiary/aromatic N) is 2. The van der Waals surface area contributed by atoms with Crippen LogP contribution >= 0.6 is 0 Å². The molecular formula is C31H37N3. The van der Waals surface area contributed by atoms with Gasteiger partial charge in [-0.15, -0.1) is 0 Å². The molecule has 0 fully saturated rings. The Morgan fingerprint density at radius 3 is 2.32 bits per heavy atom. The topological polar surface area (TPSA) is 53.1 Å². The van der Waals surface area contributed by atoms with Gasteiger partial charge in [0, 0.05) is 24.8 Å². The fourth-order valence-corrected chi connectivity index (χ4v) is 4.42. The van der Waals surface area contributed by atoms with Crippen molar-refractivity contribution >= 4 is 5.70 Å². The zero-order valence-electron chi connectivity index (χ0n) is 20.8. The van der Waals surface area contributed by atoms with E-state index in [1.54, 1.807) is 0 Å². The largest absolute Gasteiger partial charge is 0.375 e. The third-order valence-corrected chi connectivity index (χ3v) is 6.65. The summed E-state index contributed by atoms with van der Waals surface area (Å²) >= 11 is 0.